The van der Waals surface area contributed by atoms with Crippen molar-refractivity contribution in [2.75, 3.05) is 5.32 Å². The van der Waals surface area contributed by atoms with Gasteiger partial charge in [0.25, 0.3) is 11.6 Å². The molecule has 2 aromatic carbocycles. The van der Waals surface area contributed by atoms with Gasteiger partial charge in [-0.25, -0.2) is 4.98 Å². The molecule has 3 rings (SSSR count). The second-order valence-corrected chi connectivity index (χ2v) is 7.60. The molecule has 0 aliphatic carbocycles. The molecule has 0 radical (unpaired) electrons. The number of amides is 1. The van der Waals surface area contributed by atoms with E-state index in [1.807, 2.05) is 19.1 Å². The molecular weight excluding hydrogens is 418 g/mol. The molecule has 6 nitrogen and oxygen atoms in total. The predicted molar refractivity (Wildman–Crippen MR) is 105 cm³/mol. The Hall–Kier alpha value is -2.58. The molecule has 0 bridgehead atoms. The molecule has 0 aliphatic rings. The van der Waals surface area contributed by atoms with E-state index in [0.29, 0.717) is 17.1 Å². The predicted octanol–water partition coefficient (Wildman–Crippen LogP) is 4.97. The number of benzene rings is 2. The molecule has 0 atom stereocenters. The lowest BCUT2D eigenvalue weighted by Gasteiger charge is -2.02. The van der Waals surface area contributed by atoms with Crippen LogP contribution in [0, 0.1) is 17.0 Å². The number of carbonyl (C=O) groups excluding carboxylic acids is 1. The molecule has 0 fully saturated rings. The van der Waals surface area contributed by atoms with Gasteiger partial charge in [0.2, 0.25) is 0 Å². The Morgan fingerprint density at radius 1 is 1.27 bits per heavy atom. The molecule has 3 aromatic rings. The van der Waals surface area contributed by atoms with Crippen molar-refractivity contribution in [2.24, 2.45) is 0 Å². The Morgan fingerprint density at radius 3 is 2.77 bits per heavy atom. The molecule has 0 saturated carbocycles. The van der Waals surface area contributed by atoms with E-state index in [-0.39, 0.29) is 11.6 Å². The van der Waals surface area contributed by atoms with Crippen molar-refractivity contribution in [3.05, 3.63) is 84.8 Å². The fourth-order valence-corrected chi connectivity index (χ4v) is 3.80. The number of hydrogen-bond donors (Lipinski definition) is 1. The maximum Gasteiger partial charge on any atom is 0.269 e. The summed E-state index contributed by atoms with van der Waals surface area (Å²) >= 11 is 4.71. The van der Waals surface area contributed by atoms with Gasteiger partial charge in [-0.15, -0.1) is 11.3 Å². The van der Waals surface area contributed by atoms with Crippen LogP contribution in [0.25, 0.3) is 0 Å². The van der Waals surface area contributed by atoms with Crippen LogP contribution in [0.1, 0.15) is 26.5 Å². The largest absolute Gasteiger partial charge is 0.298 e. The fraction of sp³-hybridized carbons (Fsp3) is 0.111. The van der Waals surface area contributed by atoms with Gasteiger partial charge < -0.3 is 0 Å². The van der Waals surface area contributed by atoms with Gasteiger partial charge in [-0.05, 0) is 30.7 Å². The lowest BCUT2D eigenvalue weighted by Crippen LogP contribution is -2.11. The summed E-state index contributed by atoms with van der Waals surface area (Å²) in [5, 5.41) is 14.2. The van der Waals surface area contributed by atoms with E-state index in [1.165, 1.54) is 17.4 Å². The third-order valence-corrected chi connectivity index (χ3v) is 5.25. The van der Waals surface area contributed by atoms with E-state index in [2.05, 4.69) is 26.2 Å². The maximum atomic E-state index is 12.3. The second-order valence-electron chi connectivity index (χ2n) is 5.60. The van der Waals surface area contributed by atoms with Gasteiger partial charge in [-0.1, -0.05) is 34.1 Å². The number of nitro benzene ring substituents is 1. The molecule has 1 N–H and O–H groups in total. The van der Waals surface area contributed by atoms with Crippen LogP contribution < -0.4 is 5.32 Å². The summed E-state index contributed by atoms with van der Waals surface area (Å²) in [5.41, 5.74) is 2.22. The summed E-state index contributed by atoms with van der Waals surface area (Å²) in [6, 6.07) is 13.6. The summed E-state index contributed by atoms with van der Waals surface area (Å²) in [5.74, 6) is -0.234. The zero-order valence-corrected chi connectivity index (χ0v) is 16.1. The normalized spacial score (nSPS) is 10.5. The van der Waals surface area contributed by atoms with E-state index in [9.17, 15) is 14.9 Å². The van der Waals surface area contributed by atoms with Crippen LogP contribution >= 0.6 is 27.3 Å². The molecule has 26 heavy (non-hydrogen) atoms. The lowest BCUT2D eigenvalue weighted by atomic mass is 10.1. The van der Waals surface area contributed by atoms with Crippen molar-refractivity contribution < 1.29 is 9.72 Å². The highest BCUT2D eigenvalue weighted by molar-refractivity contribution is 9.10. The second kappa shape index (κ2) is 7.76. The Kier molecular flexibility index (Phi) is 5.43. The summed E-state index contributed by atoms with van der Waals surface area (Å²) in [6.45, 7) is 1.86. The van der Waals surface area contributed by atoms with Crippen LogP contribution in [0.4, 0.5) is 10.8 Å². The van der Waals surface area contributed by atoms with Crippen molar-refractivity contribution in [3.8, 4) is 0 Å². The SMILES string of the molecule is Cc1nc(NC(=O)c2cccc(Br)c2)sc1Cc1cccc([N+](=O)[O-])c1. The van der Waals surface area contributed by atoms with Crippen LogP contribution in [-0.4, -0.2) is 15.8 Å². The standard InChI is InChI=1S/C18H14BrN3O3S/c1-11-16(9-12-4-2-7-15(8-12)22(24)25)26-18(20-11)21-17(23)13-5-3-6-14(19)10-13/h2-8,10H,9H2,1H3,(H,20,21,23). The molecule has 132 valence electrons. The first-order valence-corrected chi connectivity index (χ1v) is 9.30. The first-order valence-electron chi connectivity index (χ1n) is 7.69. The van der Waals surface area contributed by atoms with Crippen LogP contribution in [0.5, 0.6) is 0 Å². The Bertz CT molecular complexity index is 987. The number of carbonyl (C=O) groups is 1. The Labute approximate surface area is 162 Å². The summed E-state index contributed by atoms with van der Waals surface area (Å²) in [4.78, 5) is 28.2. The van der Waals surface area contributed by atoms with Gasteiger partial charge in [0.15, 0.2) is 5.13 Å². The number of halogens is 1. The molecule has 1 amide bonds. The summed E-state index contributed by atoms with van der Waals surface area (Å²) < 4.78 is 0.826. The first-order chi connectivity index (χ1) is 12.4. The Morgan fingerprint density at radius 2 is 2.04 bits per heavy atom. The number of non-ortho nitro benzene ring substituents is 1. The first kappa shape index (κ1) is 18.2. The molecular formula is C18H14BrN3O3S. The van der Waals surface area contributed by atoms with Crippen LogP contribution in [0.3, 0.4) is 0 Å². The fourth-order valence-electron chi connectivity index (χ4n) is 2.41. The zero-order valence-electron chi connectivity index (χ0n) is 13.7. The van der Waals surface area contributed by atoms with Gasteiger partial charge in [-0.3, -0.25) is 20.2 Å². The average molecular weight is 432 g/mol. The molecule has 0 spiro atoms. The summed E-state index contributed by atoms with van der Waals surface area (Å²) in [7, 11) is 0. The van der Waals surface area contributed by atoms with Crippen molar-refractivity contribution in [3.63, 3.8) is 0 Å². The van der Waals surface area contributed by atoms with Crippen LogP contribution in [-0.2, 0) is 6.42 Å². The third-order valence-electron chi connectivity index (χ3n) is 3.69. The highest BCUT2D eigenvalue weighted by atomic mass is 79.9. The number of aryl methyl sites for hydroxylation is 1. The number of nitro groups is 1. The molecule has 8 heteroatoms. The van der Waals surface area contributed by atoms with E-state index in [1.54, 1.807) is 30.3 Å². The third kappa shape index (κ3) is 4.33. The van der Waals surface area contributed by atoms with Crippen molar-refractivity contribution in [1.29, 1.82) is 0 Å². The quantitative estimate of drug-likeness (QED) is 0.456. The zero-order chi connectivity index (χ0) is 18.7. The van der Waals surface area contributed by atoms with Crippen molar-refractivity contribution in [1.82, 2.24) is 4.98 Å². The van der Waals surface area contributed by atoms with E-state index in [0.717, 1.165) is 20.6 Å². The maximum absolute atomic E-state index is 12.3. The van der Waals surface area contributed by atoms with Crippen LogP contribution in [0.2, 0.25) is 0 Å². The van der Waals surface area contributed by atoms with Crippen molar-refractivity contribution >= 4 is 44.0 Å². The van der Waals surface area contributed by atoms with E-state index in [4.69, 9.17) is 0 Å². The molecule has 0 unspecified atom stereocenters. The smallest absolute Gasteiger partial charge is 0.269 e. The number of nitrogens with zero attached hydrogens (tertiary/aromatic N) is 2. The minimum absolute atomic E-state index is 0.0628. The number of aromatic nitrogens is 1. The minimum Gasteiger partial charge on any atom is -0.298 e. The van der Waals surface area contributed by atoms with Gasteiger partial charge >= 0.3 is 0 Å². The van der Waals surface area contributed by atoms with Crippen LogP contribution in [0.15, 0.2) is 53.0 Å². The Balaban J connectivity index is 1.76. The molecule has 0 saturated heterocycles. The number of nitrogens with one attached hydrogen (secondary N) is 1. The van der Waals surface area contributed by atoms with Gasteiger partial charge in [0, 0.05) is 33.5 Å². The molecule has 1 aromatic heterocycles. The lowest BCUT2D eigenvalue weighted by molar-refractivity contribution is -0.384. The number of rotatable bonds is 5. The van der Waals surface area contributed by atoms with Gasteiger partial charge in [-0.2, -0.15) is 0 Å². The average Bonchev–Trinajstić information content (AvgIpc) is 2.94. The molecule has 0 aliphatic heterocycles. The van der Waals surface area contributed by atoms with Gasteiger partial charge in [0.1, 0.15) is 0 Å². The minimum atomic E-state index is -0.410. The van der Waals surface area contributed by atoms with E-state index >= 15 is 0 Å². The highest BCUT2D eigenvalue weighted by Crippen LogP contribution is 2.27. The summed E-state index contributed by atoms with van der Waals surface area (Å²) in [6.07, 6.45) is 0.526. The van der Waals surface area contributed by atoms with Crippen molar-refractivity contribution in [2.45, 2.75) is 13.3 Å². The van der Waals surface area contributed by atoms with Gasteiger partial charge in [0.05, 0.1) is 10.6 Å². The number of hydrogen-bond acceptors (Lipinski definition) is 5. The monoisotopic (exact) mass is 431 g/mol. The van der Waals surface area contributed by atoms with E-state index < -0.39 is 4.92 Å². The number of thiazole rings is 1. The number of anilines is 1. The highest BCUT2D eigenvalue weighted by Gasteiger charge is 2.14. The molecule has 1 heterocycles. The topological polar surface area (TPSA) is 85.1 Å².